The van der Waals surface area contributed by atoms with Crippen LogP contribution in [0.3, 0.4) is 0 Å². The molecular weight excluding hydrogens is 354 g/mol. The van der Waals surface area contributed by atoms with Crippen LogP contribution in [0.4, 0.5) is 16.2 Å². The standard InChI is InChI=1S/C17H21N5O5/c1-17(11-2-3-11)15(24)21(16(25)20-17)10-14(23)19-9-8-18-12-4-6-13(7-5-12)22(26)27/h4-7,11,18H,2-3,8-10H2,1H3,(H,19,23)(H,20,25)/t17-/m0/s1. The summed E-state index contributed by atoms with van der Waals surface area (Å²) >= 11 is 0. The molecule has 0 spiro atoms. The van der Waals surface area contributed by atoms with Gasteiger partial charge in [0.2, 0.25) is 5.91 Å². The topological polar surface area (TPSA) is 134 Å². The fourth-order valence-electron chi connectivity index (χ4n) is 3.11. The van der Waals surface area contributed by atoms with Gasteiger partial charge in [-0.3, -0.25) is 24.6 Å². The summed E-state index contributed by atoms with van der Waals surface area (Å²) in [5.74, 6) is -0.633. The van der Waals surface area contributed by atoms with Crippen LogP contribution in [-0.4, -0.2) is 52.8 Å². The van der Waals surface area contributed by atoms with Crippen LogP contribution >= 0.6 is 0 Å². The Morgan fingerprint density at radius 1 is 1.30 bits per heavy atom. The van der Waals surface area contributed by atoms with Crippen LogP contribution in [0.15, 0.2) is 24.3 Å². The van der Waals surface area contributed by atoms with Crippen LogP contribution in [0.5, 0.6) is 0 Å². The maximum Gasteiger partial charge on any atom is 0.325 e. The van der Waals surface area contributed by atoms with Gasteiger partial charge in [0, 0.05) is 30.9 Å². The van der Waals surface area contributed by atoms with Crippen LogP contribution in [0.1, 0.15) is 19.8 Å². The third kappa shape index (κ3) is 3.99. The van der Waals surface area contributed by atoms with Gasteiger partial charge in [0.1, 0.15) is 12.1 Å². The van der Waals surface area contributed by atoms with Crippen LogP contribution < -0.4 is 16.0 Å². The minimum atomic E-state index is -0.894. The summed E-state index contributed by atoms with van der Waals surface area (Å²) in [7, 11) is 0. The molecule has 0 radical (unpaired) electrons. The lowest BCUT2D eigenvalue weighted by atomic mass is 9.96. The summed E-state index contributed by atoms with van der Waals surface area (Å²) < 4.78 is 0. The normalized spacial score (nSPS) is 21.7. The Hall–Kier alpha value is -3.17. The molecule has 4 amide bonds. The third-order valence-corrected chi connectivity index (χ3v) is 4.85. The van der Waals surface area contributed by atoms with Crippen molar-refractivity contribution >= 4 is 29.2 Å². The van der Waals surface area contributed by atoms with E-state index in [0.29, 0.717) is 12.2 Å². The second kappa shape index (κ2) is 7.22. The van der Waals surface area contributed by atoms with E-state index < -0.39 is 22.4 Å². The van der Waals surface area contributed by atoms with Gasteiger partial charge in [-0.1, -0.05) is 0 Å². The Labute approximate surface area is 155 Å². The third-order valence-electron chi connectivity index (χ3n) is 4.85. The molecule has 3 N–H and O–H groups in total. The van der Waals surface area contributed by atoms with E-state index in [1.807, 2.05) is 0 Å². The average molecular weight is 375 g/mol. The average Bonchev–Trinajstić information content (AvgIpc) is 3.45. The molecule has 1 aliphatic heterocycles. The molecule has 3 rings (SSSR count). The first-order valence-corrected chi connectivity index (χ1v) is 8.70. The predicted molar refractivity (Wildman–Crippen MR) is 96.0 cm³/mol. The van der Waals surface area contributed by atoms with Gasteiger partial charge in [0.25, 0.3) is 11.6 Å². The number of nitro groups is 1. The molecule has 1 saturated carbocycles. The lowest BCUT2D eigenvalue weighted by molar-refractivity contribution is -0.384. The largest absolute Gasteiger partial charge is 0.383 e. The number of nitrogens with one attached hydrogen (secondary N) is 3. The van der Waals surface area contributed by atoms with Crippen molar-refractivity contribution in [3.8, 4) is 0 Å². The number of nitrogens with zero attached hydrogens (tertiary/aromatic N) is 2. The zero-order valence-electron chi connectivity index (χ0n) is 14.9. The number of non-ortho nitro benzene ring substituents is 1. The van der Waals surface area contributed by atoms with E-state index in [0.717, 1.165) is 17.7 Å². The van der Waals surface area contributed by atoms with E-state index in [1.54, 1.807) is 19.1 Å². The zero-order chi connectivity index (χ0) is 19.6. The molecule has 27 heavy (non-hydrogen) atoms. The minimum Gasteiger partial charge on any atom is -0.383 e. The van der Waals surface area contributed by atoms with E-state index in [4.69, 9.17) is 0 Å². The molecule has 1 aliphatic carbocycles. The lowest BCUT2D eigenvalue weighted by Crippen LogP contribution is -2.47. The number of hydrogen-bond donors (Lipinski definition) is 3. The van der Waals surface area contributed by atoms with Crippen molar-refractivity contribution in [2.24, 2.45) is 5.92 Å². The number of urea groups is 1. The summed E-state index contributed by atoms with van der Waals surface area (Å²) in [5.41, 5.74) is -0.209. The van der Waals surface area contributed by atoms with Crippen molar-refractivity contribution in [3.05, 3.63) is 34.4 Å². The molecule has 1 heterocycles. The summed E-state index contributed by atoms with van der Waals surface area (Å²) in [6.45, 7) is 2.06. The number of rotatable bonds is 8. The van der Waals surface area contributed by atoms with E-state index in [2.05, 4.69) is 16.0 Å². The summed E-state index contributed by atoms with van der Waals surface area (Å²) in [4.78, 5) is 47.6. The SMILES string of the molecule is C[C@@]1(C2CC2)NC(=O)N(CC(=O)NCCNc2ccc([N+](=O)[O-])cc2)C1=O. The van der Waals surface area contributed by atoms with Crippen molar-refractivity contribution in [3.63, 3.8) is 0 Å². The van der Waals surface area contributed by atoms with Crippen LogP contribution in [0.2, 0.25) is 0 Å². The Kier molecular flexibility index (Phi) is 4.98. The maximum atomic E-state index is 12.4. The van der Waals surface area contributed by atoms with Gasteiger partial charge in [-0.05, 0) is 37.8 Å². The lowest BCUT2D eigenvalue weighted by Gasteiger charge is -2.20. The maximum absolute atomic E-state index is 12.4. The van der Waals surface area contributed by atoms with Crippen LogP contribution in [0.25, 0.3) is 0 Å². The predicted octanol–water partition coefficient (Wildman–Crippen LogP) is 0.843. The van der Waals surface area contributed by atoms with Gasteiger partial charge < -0.3 is 16.0 Å². The van der Waals surface area contributed by atoms with E-state index >= 15 is 0 Å². The second-order valence-electron chi connectivity index (χ2n) is 6.88. The molecule has 10 heteroatoms. The Morgan fingerprint density at radius 3 is 2.56 bits per heavy atom. The van der Waals surface area contributed by atoms with Gasteiger partial charge in [-0.25, -0.2) is 4.79 Å². The van der Waals surface area contributed by atoms with Gasteiger partial charge in [0.15, 0.2) is 0 Å². The van der Waals surface area contributed by atoms with Crippen molar-refractivity contribution < 1.29 is 19.3 Å². The van der Waals surface area contributed by atoms with Gasteiger partial charge in [0.05, 0.1) is 4.92 Å². The zero-order valence-corrected chi connectivity index (χ0v) is 14.9. The van der Waals surface area contributed by atoms with Crippen molar-refractivity contribution in [1.29, 1.82) is 0 Å². The summed E-state index contributed by atoms with van der Waals surface area (Å²) in [6, 6.07) is 5.39. The van der Waals surface area contributed by atoms with Crippen LogP contribution in [0, 0.1) is 16.0 Å². The number of carbonyl (C=O) groups is 3. The second-order valence-corrected chi connectivity index (χ2v) is 6.88. The Balaban J connectivity index is 1.41. The van der Waals surface area contributed by atoms with E-state index in [1.165, 1.54) is 12.1 Å². The molecule has 1 aromatic carbocycles. The number of anilines is 1. The van der Waals surface area contributed by atoms with E-state index in [-0.39, 0.29) is 30.6 Å². The molecule has 10 nitrogen and oxygen atoms in total. The smallest absolute Gasteiger partial charge is 0.325 e. The van der Waals surface area contributed by atoms with Crippen molar-refractivity contribution in [2.45, 2.75) is 25.3 Å². The highest BCUT2D eigenvalue weighted by atomic mass is 16.6. The Morgan fingerprint density at radius 2 is 1.96 bits per heavy atom. The fourth-order valence-corrected chi connectivity index (χ4v) is 3.11. The fraction of sp³-hybridized carbons (Fsp3) is 0.471. The number of benzene rings is 1. The Bertz CT molecular complexity index is 776. The first-order valence-electron chi connectivity index (χ1n) is 8.70. The first kappa shape index (κ1) is 18.6. The molecule has 2 fully saturated rings. The number of nitro benzene ring substituents is 1. The number of carbonyl (C=O) groups excluding carboxylic acids is 3. The molecule has 0 bridgehead atoms. The summed E-state index contributed by atoms with van der Waals surface area (Å²) in [6.07, 6.45) is 1.80. The quantitative estimate of drug-likeness (QED) is 0.267. The highest BCUT2D eigenvalue weighted by Crippen LogP contribution is 2.42. The molecule has 0 aromatic heterocycles. The van der Waals surface area contributed by atoms with Crippen molar-refractivity contribution in [1.82, 2.24) is 15.5 Å². The highest BCUT2D eigenvalue weighted by Gasteiger charge is 2.56. The van der Waals surface area contributed by atoms with Gasteiger partial charge >= 0.3 is 6.03 Å². The minimum absolute atomic E-state index is 0.000562. The van der Waals surface area contributed by atoms with Crippen molar-refractivity contribution in [2.75, 3.05) is 25.0 Å². The highest BCUT2D eigenvalue weighted by molar-refractivity contribution is 6.09. The first-order chi connectivity index (χ1) is 12.8. The number of imide groups is 1. The molecule has 1 aromatic rings. The van der Waals surface area contributed by atoms with Gasteiger partial charge in [-0.2, -0.15) is 0 Å². The molecule has 144 valence electrons. The molecule has 0 unspecified atom stereocenters. The molecule has 1 atom stereocenters. The van der Waals surface area contributed by atoms with Crippen LogP contribution in [-0.2, 0) is 9.59 Å². The number of hydrogen-bond acceptors (Lipinski definition) is 6. The molecule has 2 aliphatic rings. The van der Waals surface area contributed by atoms with Gasteiger partial charge in [-0.15, -0.1) is 0 Å². The molecular formula is C17H21N5O5. The monoisotopic (exact) mass is 375 g/mol. The summed E-state index contributed by atoms with van der Waals surface area (Å²) in [5, 5.41) is 18.9. The number of amides is 4. The van der Waals surface area contributed by atoms with E-state index in [9.17, 15) is 24.5 Å². The molecule has 1 saturated heterocycles.